The molecular formula is C27H38O4. The van der Waals surface area contributed by atoms with Gasteiger partial charge in [0.1, 0.15) is 36.9 Å². The fraction of sp³-hybridized carbons (Fsp3) is 0.778. The van der Waals surface area contributed by atoms with E-state index in [1.807, 2.05) is 0 Å². The number of rotatable bonds is 7. The first-order valence-electron chi connectivity index (χ1n) is 12.5. The highest BCUT2D eigenvalue weighted by Gasteiger charge is 2.54. The summed E-state index contributed by atoms with van der Waals surface area (Å²) in [5, 5.41) is 0. The quantitative estimate of drug-likeness (QED) is 0.554. The maximum atomic E-state index is 6.64. The van der Waals surface area contributed by atoms with Crippen LogP contribution in [0.2, 0.25) is 0 Å². The van der Waals surface area contributed by atoms with Crippen LogP contribution < -0.4 is 9.47 Å². The van der Waals surface area contributed by atoms with E-state index in [-0.39, 0.29) is 23.0 Å². The van der Waals surface area contributed by atoms with Crippen LogP contribution in [0.5, 0.6) is 11.5 Å². The predicted molar refractivity (Wildman–Crippen MR) is 120 cm³/mol. The van der Waals surface area contributed by atoms with Crippen molar-refractivity contribution in [2.24, 2.45) is 17.8 Å². The molecule has 4 heteroatoms. The average molecular weight is 427 g/mol. The summed E-state index contributed by atoms with van der Waals surface area (Å²) in [5.74, 6) is 4.79. The second kappa shape index (κ2) is 7.12. The van der Waals surface area contributed by atoms with Gasteiger partial charge in [0.15, 0.2) is 0 Å². The lowest BCUT2D eigenvalue weighted by molar-refractivity contribution is -0.00731. The molecule has 1 aromatic carbocycles. The molecule has 0 N–H and O–H groups in total. The summed E-state index contributed by atoms with van der Waals surface area (Å²) in [6.45, 7) is 12.2. The molecule has 0 aromatic heterocycles. The van der Waals surface area contributed by atoms with E-state index in [4.69, 9.17) is 18.9 Å². The molecule has 6 fully saturated rings. The van der Waals surface area contributed by atoms with Crippen molar-refractivity contribution in [3.05, 3.63) is 22.8 Å². The normalized spacial score (nSPS) is 37.7. The first kappa shape index (κ1) is 20.4. The summed E-state index contributed by atoms with van der Waals surface area (Å²) < 4.78 is 23.8. The maximum Gasteiger partial charge on any atom is 0.130 e. The molecule has 2 aliphatic heterocycles. The fourth-order valence-electron chi connectivity index (χ4n) is 7.29. The van der Waals surface area contributed by atoms with Crippen LogP contribution in [0.3, 0.4) is 0 Å². The number of hydrogen-bond donors (Lipinski definition) is 0. The van der Waals surface area contributed by atoms with Crippen molar-refractivity contribution >= 4 is 0 Å². The van der Waals surface area contributed by atoms with E-state index in [0.29, 0.717) is 13.2 Å². The van der Waals surface area contributed by atoms with Crippen LogP contribution in [0.4, 0.5) is 0 Å². The Balaban J connectivity index is 1.48. The summed E-state index contributed by atoms with van der Waals surface area (Å²) in [5.41, 5.74) is 4.43. The lowest BCUT2D eigenvalue weighted by Gasteiger charge is -2.58. The van der Waals surface area contributed by atoms with Crippen LogP contribution in [-0.2, 0) is 20.3 Å². The van der Waals surface area contributed by atoms with Crippen molar-refractivity contribution in [1.82, 2.24) is 0 Å². The first-order chi connectivity index (χ1) is 14.8. The van der Waals surface area contributed by atoms with Gasteiger partial charge in [0.25, 0.3) is 0 Å². The monoisotopic (exact) mass is 426 g/mol. The van der Waals surface area contributed by atoms with Gasteiger partial charge in [-0.2, -0.15) is 0 Å². The van der Waals surface area contributed by atoms with E-state index >= 15 is 0 Å². The Bertz CT molecular complexity index is 824. The molecule has 6 aliphatic rings. The van der Waals surface area contributed by atoms with Gasteiger partial charge in [0.2, 0.25) is 0 Å². The molecule has 0 radical (unpaired) electrons. The Morgan fingerprint density at radius 2 is 1.42 bits per heavy atom. The van der Waals surface area contributed by atoms with Crippen LogP contribution >= 0.6 is 0 Å². The molecule has 0 amide bonds. The topological polar surface area (TPSA) is 43.5 Å². The zero-order valence-corrected chi connectivity index (χ0v) is 19.7. The molecule has 4 nitrogen and oxygen atoms in total. The van der Waals surface area contributed by atoms with Crippen molar-refractivity contribution in [2.75, 3.05) is 26.4 Å². The molecule has 170 valence electrons. The molecule has 7 rings (SSSR count). The molecule has 2 unspecified atom stereocenters. The molecule has 1 aromatic rings. The zero-order valence-electron chi connectivity index (χ0n) is 19.7. The minimum absolute atomic E-state index is 0.0365. The van der Waals surface area contributed by atoms with Crippen molar-refractivity contribution < 1.29 is 18.9 Å². The third kappa shape index (κ3) is 3.78. The molecule has 2 heterocycles. The standard InChI is InChI=1S/C27H38O4/c1-16-23(30-14-20-12-28-20)8-22(26(2,3)4)24(25(16)31-15-21-13-29-21)27-9-17-5-18(10-27)7-19(6-17)11-27/h8,17-21H,5-7,9-15H2,1-4H3. The molecule has 2 atom stereocenters. The van der Waals surface area contributed by atoms with Crippen LogP contribution in [0.1, 0.15) is 76.0 Å². The van der Waals surface area contributed by atoms with Crippen LogP contribution in [0.15, 0.2) is 6.07 Å². The summed E-state index contributed by atoms with van der Waals surface area (Å²) in [6, 6.07) is 2.35. The third-order valence-corrected chi connectivity index (χ3v) is 8.50. The van der Waals surface area contributed by atoms with Crippen LogP contribution in [-0.4, -0.2) is 38.6 Å². The van der Waals surface area contributed by atoms with E-state index in [0.717, 1.165) is 42.5 Å². The van der Waals surface area contributed by atoms with Crippen molar-refractivity contribution in [3.63, 3.8) is 0 Å². The minimum Gasteiger partial charge on any atom is -0.490 e. The van der Waals surface area contributed by atoms with E-state index in [1.165, 1.54) is 55.2 Å². The van der Waals surface area contributed by atoms with E-state index in [1.54, 1.807) is 0 Å². The highest BCUT2D eigenvalue weighted by atomic mass is 16.6. The molecule has 31 heavy (non-hydrogen) atoms. The molecule has 2 saturated heterocycles. The van der Waals surface area contributed by atoms with Gasteiger partial charge in [0.05, 0.1) is 13.2 Å². The van der Waals surface area contributed by atoms with Crippen LogP contribution in [0.25, 0.3) is 0 Å². The lowest BCUT2D eigenvalue weighted by Crippen LogP contribution is -2.49. The number of ether oxygens (including phenoxy) is 4. The van der Waals surface area contributed by atoms with E-state index < -0.39 is 0 Å². The van der Waals surface area contributed by atoms with Gasteiger partial charge >= 0.3 is 0 Å². The van der Waals surface area contributed by atoms with Crippen molar-refractivity contribution in [3.8, 4) is 11.5 Å². The molecule has 4 saturated carbocycles. The third-order valence-electron chi connectivity index (χ3n) is 8.50. The Hall–Kier alpha value is -1.26. The van der Waals surface area contributed by atoms with Gasteiger partial charge in [-0.25, -0.2) is 0 Å². The largest absolute Gasteiger partial charge is 0.490 e. The Labute approximate surface area is 187 Å². The predicted octanol–water partition coefficient (Wildman–Crippen LogP) is 5.32. The number of epoxide rings is 2. The summed E-state index contributed by atoms with van der Waals surface area (Å²) in [6.07, 6.45) is 8.90. The Kier molecular flexibility index (Phi) is 4.67. The smallest absolute Gasteiger partial charge is 0.130 e. The molecular weight excluding hydrogens is 388 g/mol. The summed E-state index contributed by atoms with van der Waals surface area (Å²) >= 11 is 0. The van der Waals surface area contributed by atoms with Gasteiger partial charge in [0, 0.05) is 16.5 Å². The number of hydrogen-bond acceptors (Lipinski definition) is 4. The Morgan fingerprint density at radius 3 is 1.90 bits per heavy atom. The maximum absolute atomic E-state index is 6.64. The SMILES string of the molecule is Cc1c(OCC2CO2)cc(C(C)(C)C)c(C23CC4CC(CC(C4)C2)C3)c1OCC1CO1. The average Bonchev–Trinajstić information content (AvgIpc) is 3.58. The van der Waals surface area contributed by atoms with Gasteiger partial charge in [-0.3, -0.25) is 0 Å². The van der Waals surface area contributed by atoms with Crippen molar-refractivity contribution in [1.29, 1.82) is 0 Å². The Morgan fingerprint density at radius 1 is 0.903 bits per heavy atom. The second-order valence-corrected chi connectivity index (χ2v) is 12.2. The fourth-order valence-corrected chi connectivity index (χ4v) is 7.29. The second-order valence-electron chi connectivity index (χ2n) is 12.2. The van der Waals surface area contributed by atoms with Gasteiger partial charge in [-0.15, -0.1) is 0 Å². The minimum atomic E-state index is 0.0365. The number of benzene rings is 1. The first-order valence-corrected chi connectivity index (χ1v) is 12.5. The van der Waals surface area contributed by atoms with Gasteiger partial charge < -0.3 is 18.9 Å². The van der Waals surface area contributed by atoms with E-state index in [2.05, 4.69) is 33.8 Å². The molecule has 4 bridgehead atoms. The highest BCUT2D eigenvalue weighted by molar-refractivity contribution is 5.59. The van der Waals surface area contributed by atoms with Crippen LogP contribution in [0, 0.1) is 24.7 Å². The van der Waals surface area contributed by atoms with Gasteiger partial charge in [-0.05, 0) is 80.2 Å². The zero-order chi connectivity index (χ0) is 21.4. The summed E-state index contributed by atoms with van der Waals surface area (Å²) in [7, 11) is 0. The van der Waals surface area contributed by atoms with E-state index in [9.17, 15) is 0 Å². The summed E-state index contributed by atoms with van der Waals surface area (Å²) in [4.78, 5) is 0. The van der Waals surface area contributed by atoms with Gasteiger partial charge in [-0.1, -0.05) is 20.8 Å². The lowest BCUT2D eigenvalue weighted by atomic mass is 9.47. The highest BCUT2D eigenvalue weighted by Crippen LogP contribution is 2.63. The molecule has 4 aliphatic carbocycles. The van der Waals surface area contributed by atoms with Crippen molar-refractivity contribution in [2.45, 2.75) is 89.3 Å². The molecule has 0 spiro atoms.